The van der Waals surface area contributed by atoms with Crippen LogP contribution in [0.15, 0.2) is 0 Å². The van der Waals surface area contributed by atoms with Gasteiger partial charge in [-0.25, -0.2) is 0 Å². The lowest BCUT2D eigenvalue weighted by Crippen LogP contribution is -2.29. The predicted octanol–water partition coefficient (Wildman–Crippen LogP) is 0.905. The second-order valence-corrected chi connectivity index (χ2v) is 5.32. The van der Waals surface area contributed by atoms with Crippen molar-refractivity contribution in [1.29, 1.82) is 0 Å². The number of nitrogens with two attached hydrogens (primary N) is 1. The van der Waals surface area contributed by atoms with Gasteiger partial charge in [0, 0.05) is 6.42 Å². The SMILES string of the molecule is CC(C)C[C@H](CN)CC(=O)O.O=C(O)[C@@H]1CCCN1. The summed E-state index contributed by atoms with van der Waals surface area (Å²) in [6, 6.07) is -0.269. The first-order chi connectivity index (χ1) is 8.86. The Morgan fingerprint density at radius 2 is 2.00 bits per heavy atom. The molecule has 0 amide bonds. The molecule has 19 heavy (non-hydrogen) atoms. The van der Waals surface area contributed by atoms with E-state index in [2.05, 4.69) is 19.2 Å². The zero-order chi connectivity index (χ0) is 14.8. The second kappa shape index (κ2) is 9.75. The van der Waals surface area contributed by atoms with Crippen LogP contribution in [0.25, 0.3) is 0 Å². The Labute approximate surface area is 114 Å². The van der Waals surface area contributed by atoms with Crippen LogP contribution in [0.3, 0.4) is 0 Å². The highest BCUT2D eigenvalue weighted by Gasteiger charge is 2.20. The summed E-state index contributed by atoms with van der Waals surface area (Å²) >= 11 is 0. The van der Waals surface area contributed by atoms with Gasteiger partial charge in [-0.05, 0) is 44.2 Å². The van der Waals surface area contributed by atoms with Crippen LogP contribution in [0.5, 0.6) is 0 Å². The molecule has 6 heteroatoms. The molecule has 0 unspecified atom stereocenters. The van der Waals surface area contributed by atoms with Gasteiger partial charge < -0.3 is 21.3 Å². The van der Waals surface area contributed by atoms with E-state index in [0.717, 1.165) is 25.8 Å². The Kier molecular flexibility index (Phi) is 9.16. The molecule has 0 aromatic carbocycles. The lowest BCUT2D eigenvalue weighted by atomic mass is 9.94. The molecule has 0 spiro atoms. The molecular weight excluding hydrogens is 248 g/mol. The van der Waals surface area contributed by atoms with E-state index in [4.69, 9.17) is 15.9 Å². The fourth-order valence-electron chi connectivity index (χ4n) is 2.07. The van der Waals surface area contributed by atoms with Crippen molar-refractivity contribution in [3.8, 4) is 0 Å². The van der Waals surface area contributed by atoms with Gasteiger partial charge >= 0.3 is 11.9 Å². The van der Waals surface area contributed by atoms with Crippen LogP contribution in [0.1, 0.15) is 39.5 Å². The number of carbonyl (C=O) groups is 2. The molecule has 2 atom stereocenters. The molecule has 1 fully saturated rings. The van der Waals surface area contributed by atoms with Crippen molar-refractivity contribution in [3.05, 3.63) is 0 Å². The maximum absolute atomic E-state index is 10.3. The Morgan fingerprint density at radius 3 is 2.26 bits per heavy atom. The van der Waals surface area contributed by atoms with Crippen LogP contribution in [0.4, 0.5) is 0 Å². The van der Waals surface area contributed by atoms with Gasteiger partial charge in [-0.1, -0.05) is 13.8 Å². The van der Waals surface area contributed by atoms with Crippen LogP contribution in [-0.2, 0) is 9.59 Å². The Hall–Kier alpha value is -1.14. The molecule has 0 aliphatic carbocycles. The van der Waals surface area contributed by atoms with E-state index in [1.165, 1.54) is 0 Å². The summed E-state index contributed by atoms with van der Waals surface area (Å²) in [5.41, 5.74) is 5.41. The van der Waals surface area contributed by atoms with Crippen molar-refractivity contribution in [3.63, 3.8) is 0 Å². The zero-order valence-corrected chi connectivity index (χ0v) is 11.8. The highest BCUT2D eigenvalue weighted by molar-refractivity contribution is 5.73. The molecule has 0 aromatic heterocycles. The van der Waals surface area contributed by atoms with Gasteiger partial charge in [0.15, 0.2) is 0 Å². The minimum Gasteiger partial charge on any atom is -0.481 e. The third kappa shape index (κ3) is 9.44. The largest absolute Gasteiger partial charge is 0.481 e. The summed E-state index contributed by atoms with van der Waals surface area (Å²) in [7, 11) is 0. The van der Waals surface area contributed by atoms with Crippen molar-refractivity contribution < 1.29 is 19.8 Å². The summed E-state index contributed by atoms with van der Waals surface area (Å²) in [4.78, 5) is 20.4. The molecule has 6 nitrogen and oxygen atoms in total. The molecule has 0 aromatic rings. The molecule has 0 radical (unpaired) electrons. The third-order valence-electron chi connectivity index (χ3n) is 2.96. The van der Waals surface area contributed by atoms with E-state index in [0.29, 0.717) is 12.5 Å². The van der Waals surface area contributed by atoms with Gasteiger partial charge in [0.2, 0.25) is 0 Å². The predicted molar refractivity (Wildman–Crippen MR) is 72.9 cm³/mol. The van der Waals surface area contributed by atoms with Gasteiger partial charge in [-0.2, -0.15) is 0 Å². The van der Waals surface area contributed by atoms with Crippen molar-refractivity contribution >= 4 is 11.9 Å². The zero-order valence-electron chi connectivity index (χ0n) is 11.8. The first-order valence-electron chi connectivity index (χ1n) is 6.74. The van der Waals surface area contributed by atoms with Gasteiger partial charge in [0.25, 0.3) is 0 Å². The number of hydrogen-bond acceptors (Lipinski definition) is 4. The number of hydrogen-bond donors (Lipinski definition) is 4. The Balaban J connectivity index is 0.000000356. The lowest BCUT2D eigenvalue weighted by molar-refractivity contribution is -0.139. The molecule has 1 saturated heterocycles. The minimum atomic E-state index is -0.749. The highest BCUT2D eigenvalue weighted by atomic mass is 16.4. The molecule has 0 saturated carbocycles. The van der Waals surface area contributed by atoms with Gasteiger partial charge in [-0.15, -0.1) is 0 Å². The maximum Gasteiger partial charge on any atom is 0.320 e. The molecule has 112 valence electrons. The minimum absolute atomic E-state index is 0.146. The fourth-order valence-corrected chi connectivity index (χ4v) is 2.07. The third-order valence-corrected chi connectivity index (χ3v) is 2.96. The van der Waals surface area contributed by atoms with E-state index < -0.39 is 11.9 Å². The van der Waals surface area contributed by atoms with E-state index in [9.17, 15) is 9.59 Å². The van der Waals surface area contributed by atoms with E-state index in [1.807, 2.05) is 0 Å². The second-order valence-electron chi connectivity index (χ2n) is 5.32. The first kappa shape index (κ1) is 17.9. The average molecular weight is 274 g/mol. The maximum atomic E-state index is 10.3. The van der Waals surface area contributed by atoms with Crippen LogP contribution in [0.2, 0.25) is 0 Å². The van der Waals surface area contributed by atoms with Gasteiger partial charge in [0.1, 0.15) is 6.04 Å². The summed E-state index contributed by atoms with van der Waals surface area (Å²) in [5, 5.41) is 19.7. The molecular formula is C13H26N2O4. The number of aliphatic carboxylic acids is 2. The standard InChI is InChI=1S/C8H17NO2.C5H9NO2/c1-6(2)3-7(5-9)4-8(10)11;7-5(8)4-2-1-3-6-4/h6-7H,3-5,9H2,1-2H3,(H,10,11);4,6H,1-3H2,(H,7,8)/t7-;4-/m00/s1. The summed E-state index contributed by atoms with van der Waals surface area (Å²) in [6.45, 7) is 5.48. The number of carboxylic acid groups (broad SMARTS) is 2. The molecule has 5 N–H and O–H groups in total. The highest BCUT2D eigenvalue weighted by Crippen LogP contribution is 2.13. The van der Waals surface area contributed by atoms with Gasteiger partial charge in [-0.3, -0.25) is 9.59 Å². The van der Waals surface area contributed by atoms with Gasteiger partial charge in [0.05, 0.1) is 0 Å². The molecule has 1 aliphatic rings. The van der Waals surface area contributed by atoms with Crippen LogP contribution >= 0.6 is 0 Å². The first-order valence-corrected chi connectivity index (χ1v) is 6.74. The number of carboxylic acids is 2. The van der Waals surface area contributed by atoms with Crippen molar-refractivity contribution in [2.24, 2.45) is 17.6 Å². The lowest BCUT2D eigenvalue weighted by Gasteiger charge is -2.13. The topological polar surface area (TPSA) is 113 Å². The van der Waals surface area contributed by atoms with E-state index >= 15 is 0 Å². The Bertz CT molecular complexity index is 276. The fraction of sp³-hybridized carbons (Fsp3) is 0.846. The summed E-state index contributed by atoms with van der Waals surface area (Å²) in [5.74, 6) is -0.793. The van der Waals surface area contributed by atoms with Crippen LogP contribution < -0.4 is 11.1 Å². The van der Waals surface area contributed by atoms with E-state index in [1.54, 1.807) is 0 Å². The molecule has 1 aliphatic heterocycles. The van der Waals surface area contributed by atoms with Crippen LogP contribution in [0, 0.1) is 11.8 Å². The summed E-state index contributed by atoms with van der Waals surface area (Å²) < 4.78 is 0. The van der Waals surface area contributed by atoms with Crippen molar-refractivity contribution in [2.45, 2.75) is 45.6 Å². The molecule has 1 heterocycles. The van der Waals surface area contributed by atoms with Crippen molar-refractivity contribution in [2.75, 3.05) is 13.1 Å². The smallest absolute Gasteiger partial charge is 0.320 e. The quantitative estimate of drug-likeness (QED) is 0.572. The average Bonchev–Trinajstić information content (AvgIpc) is 2.81. The normalized spacial score (nSPS) is 19.7. The van der Waals surface area contributed by atoms with Crippen molar-refractivity contribution in [1.82, 2.24) is 5.32 Å². The molecule has 0 bridgehead atoms. The van der Waals surface area contributed by atoms with Crippen LogP contribution in [-0.4, -0.2) is 41.3 Å². The monoisotopic (exact) mass is 274 g/mol. The molecule has 1 rings (SSSR count). The van der Waals surface area contributed by atoms with E-state index in [-0.39, 0.29) is 18.4 Å². The number of rotatable bonds is 6. The number of nitrogens with one attached hydrogen (secondary N) is 1. The summed E-state index contributed by atoms with van der Waals surface area (Å²) in [6.07, 6.45) is 2.89. The Morgan fingerprint density at radius 1 is 1.37 bits per heavy atom.